The molecule has 2 rings (SSSR count). The van der Waals surface area contributed by atoms with Gasteiger partial charge in [0.1, 0.15) is 5.82 Å². The molecule has 29 heavy (non-hydrogen) atoms. The zero-order chi connectivity index (χ0) is 21.3. The predicted molar refractivity (Wildman–Crippen MR) is 108 cm³/mol. The third kappa shape index (κ3) is 6.62. The maximum Gasteiger partial charge on any atom is 0.424 e. The van der Waals surface area contributed by atoms with Gasteiger partial charge in [0.05, 0.1) is 0 Å². The minimum Gasteiger partial charge on any atom is -0.374 e. The first-order chi connectivity index (χ1) is 13.8. The molecule has 0 saturated heterocycles. The Balaban J connectivity index is 1.88. The zero-order valence-corrected chi connectivity index (χ0v) is 17.4. The fourth-order valence-electron chi connectivity index (χ4n) is 3.89. The van der Waals surface area contributed by atoms with Crippen molar-refractivity contribution in [1.29, 1.82) is 0 Å². The molecule has 3 N–H and O–H groups in total. The van der Waals surface area contributed by atoms with E-state index >= 15 is 0 Å². The number of aliphatic hydroxyl groups is 1. The Morgan fingerprint density at radius 2 is 2.00 bits per heavy atom. The Bertz CT molecular complexity index is 640. The van der Waals surface area contributed by atoms with Gasteiger partial charge < -0.3 is 20.3 Å². The lowest BCUT2D eigenvalue weighted by Gasteiger charge is -2.30. The second-order valence-corrected chi connectivity index (χ2v) is 7.80. The minimum absolute atomic E-state index is 0.0860. The third-order valence-electron chi connectivity index (χ3n) is 5.55. The summed E-state index contributed by atoms with van der Waals surface area (Å²) in [6.07, 6.45) is 5.93. The number of guanidine groups is 1. The SMILES string of the molecule is CCNC(=NCCCC1CCCCC1)NCCC(O)(c1nccn1C)C(F)(F)F. The Kier molecular flexibility index (Phi) is 8.79. The number of imidazole rings is 1. The minimum atomic E-state index is -4.83. The highest BCUT2D eigenvalue weighted by atomic mass is 19.4. The van der Waals surface area contributed by atoms with Crippen LogP contribution in [0.1, 0.15) is 64.1 Å². The van der Waals surface area contributed by atoms with E-state index < -0.39 is 24.0 Å². The highest BCUT2D eigenvalue weighted by Gasteiger charge is 2.57. The van der Waals surface area contributed by atoms with Crippen molar-refractivity contribution in [3.63, 3.8) is 0 Å². The van der Waals surface area contributed by atoms with Gasteiger partial charge in [-0.1, -0.05) is 32.1 Å². The highest BCUT2D eigenvalue weighted by Crippen LogP contribution is 2.40. The largest absolute Gasteiger partial charge is 0.424 e. The normalized spacial score (nSPS) is 18.5. The summed E-state index contributed by atoms with van der Waals surface area (Å²) in [6.45, 7) is 3.06. The lowest BCUT2D eigenvalue weighted by atomic mass is 9.86. The summed E-state index contributed by atoms with van der Waals surface area (Å²) in [5.74, 6) is 0.843. The summed E-state index contributed by atoms with van der Waals surface area (Å²) in [5, 5.41) is 16.3. The number of nitrogens with one attached hydrogen (secondary N) is 2. The van der Waals surface area contributed by atoms with Crippen LogP contribution < -0.4 is 10.6 Å². The van der Waals surface area contributed by atoms with Crippen molar-refractivity contribution < 1.29 is 18.3 Å². The smallest absolute Gasteiger partial charge is 0.374 e. The van der Waals surface area contributed by atoms with Gasteiger partial charge in [0.25, 0.3) is 0 Å². The van der Waals surface area contributed by atoms with Crippen LogP contribution in [-0.2, 0) is 12.6 Å². The lowest BCUT2D eigenvalue weighted by molar-refractivity contribution is -0.272. The molecule has 1 aliphatic rings. The first kappa shape index (κ1) is 23.5. The van der Waals surface area contributed by atoms with Crippen molar-refractivity contribution in [2.75, 3.05) is 19.6 Å². The number of nitrogens with zero attached hydrogens (tertiary/aromatic N) is 3. The first-order valence-corrected chi connectivity index (χ1v) is 10.6. The van der Waals surface area contributed by atoms with Crippen LogP contribution in [0.25, 0.3) is 0 Å². The molecule has 0 spiro atoms. The van der Waals surface area contributed by atoms with Gasteiger partial charge in [-0.3, -0.25) is 4.99 Å². The molecule has 1 aromatic rings. The van der Waals surface area contributed by atoms with Crippen LogP contribution in [-0.4, -0.2) is 46.4 Å². The van der Waals surface area contributed by atoms with Crippen molar-refractivity contribution in [2.24, 2.45) is 18.0 Å². The molecule has 0 aliphatic heterocycles. The fourth-order valence-corrected chi connectivity index (χ4v) is 3.89. The van der Waals surface area contributed by atoms with Gasteiger partial charge in [0, 0.05) is 45.5 Å². The Morgan fingerprint density at radius 1 is 1.28 bits per heavy atom. The van der Waals surface area contributed by atoms with Crippen molar-refractivity contribution in [1.82, 2.24) is 20.2 Å². The van der Waals surface area contributed by atoms with Crippen LogP contribution in [0.4, 0.5) is 13.2 Å². The molecule has 0 bridgehead atoms. The van der Waals surface area contributed by atoms with E-state index in [1.165, 1.54) is 56.1 Å². The number of alkyl halides is 3. The summed E-state index contributed by atoms with van der Waals surface area (Å²) in [6, 6.07) is 0. The topological polar surface area (TPSA) is 74.5 Å². The first-order valence-electron chi connectivity index (χ1n) is 10.6. The maximum atomic E-state index is 13.6. The van der Waals surface area contributed by atoms with Crippen LogP contribution >= 0.6 is 0 Å². The van der Waals surface area contributed by atoms with Crippen molar-refractivity contribution in [3.05, 3.63) is 18.2 Å². The van der Waals surface area contributed by atoms with Gasteiger partial charge in [0.2, 0.25) is 5.60 Å². The number of rotatable bonds is 9. The molecule has 0 aromatic carbocycles. The standard InChI is InChI=1S/C20H34F3N5O/c1-3-24-18(26-12-7-10-16-8-5-4-6-9-16)27-13-11-19(29,20(21,22)23)17-25-14-15-28(17)2/h14-16,29H,3-13H2,1-2H3,(H2,24,26,27). The van der Waals surface area contributed by atoms with E-state index in [4.69, 9.17) is 0 Å². The molecule has 1 aliphatic carbocycles. The molecule has 1 saturated carbocycles. The Hall–Kier alpha value is -1.77. The quantitative estimate of drug-likeness (QED) is 0.327. The van der Waals surface area contributed by atoms with Gasteiger partial charge in [-0.2, -0.15) is 13.2 Å². The molecular formula is C20H34F3N5O. The molecule has 9 heteroatoms. The number of hydrogen-bond acceptors (Lipinski definition) is 3. The van der Waals surface area contributed by atoms with Gasteiger partial charge >= 0.3 is 6.18 Å². The molecule has 166 valence electrons. The predicted octanol–water partition coefficient (Wildman–Crippen LogP) is 3.48. The summed E-state index contributed by atoms with van der Waals surface area (Å²) in [5.41, 5.74) is -3.02. The van der Waals surface area contributed by atoms with Crippen LogP contribution in [0.5, 0.6) is 0 Å². The number of halogens is 3. The molecule has 1 atom stereocenters. The summed E-state index contributed by atoms with van der Waals surface area (Å²) < 4.78 is 41.9. The van der Waals surface area contributed by atoms with E-state index in [1.807, 2.05) is 6.92 Å². The molecule has 1 fully saturated rings. The average molecular weight is 418 g/mol. The molecule has 0 radical (unpaired) electrons. The molecule has 1 unspecified atom stereocenters. The van der Waals surface area contributed by atoms with E-state index in [1.54, 1.807) is 0 Å². The Morgan fingerprint density at radius 3 is 2.59 bits per heavy atom. The van der Waals surface area contributed by atoms with Crippen molar-refractivity contribution >= 4 is 5.96 Å². The van der Waals surface area contributed by atoms with E-state index in [9.17, 15) is 18.3 Å². The average Bonchev–Trinajstić information content (AvgIpc) is 3.11. The van der Waals surface area contributed by atoms with E-state index in [2.05, 4.69) is 20.6 Å². The van der Waals surface area contributed by atoms with Gasteiger partial charge in [0.15, 0.2) is 5.96 Å². The number of aryl methyl sites for hydroxylation is 1. The molecule has 6 nitrogen and oxygen atoms in total. The monoisotopic (exact) mass is 417 g/mol. The number of aliphatic imine (C=N–C) groups is 1. The van der Waals surface area contributed by atoms with Crippen molar-refractivity contribution in [3.8, 4) is 0 Å². The van der Waals surface area contributed by atoms with E-state index in [0.29, 0.717) is 19.0 Å². The van der Waals surface area contributed by atoms with E-state index in [-0.39, 0.29) is 6.54 Å². The van der Waals surface area contributed by atoms with Gasteiger partial charge in [-0.25, -0.2) is 4.98 Å². The van der Waals surface area contributed by atoms with Crippen LogP contribution in [0, 0.1) is 5.92 Å². The number of aromatic nitrogens is 2. The zero-order valence-electron chi connectivity index (χ0n) is 17.4. The van der Waals surface area contributed by atoms with Gasteiger partial charge in [-0.05, 0) is 25.7 Å². The van der Waals surface area contributed by atoms with Crippen LogP contribution in [0.2, 0.25) is 0 Å². The molecule has 1 heterocycles. The molecular weight excluding hydrogens is 383 g/mol. The summed E-state index contributed by atoms with van der Waals surface area (Å²) in [7, 11) is 1.43. The molecule has 1 aromatic heterocycles. The highest BCUT2D eigenvalue weighted by molar-refractivity contribution is 5.79. The molecule has 0 amide bonds. The van der Waals surface area contributed by atoms with E-state index in [0.717, 1.165) is 18.8 Å². The fraction of sp³-hybridized carbons (Fsp3) is 0.800. The second kappa shape index (κ2) is 10.8. The second-order valence-electron chi connectivity index (χ2n) is 7.80. The van der Waals surface area contributed by atoms with Crippen LogP contribution in [0.15, 0.2) is 17.4 Å². The summed E-state index contributed by atoms with van der Waals surface area (Å²) >= 11 is 0. The van der Waals surface area contributed by atoms with Crippen LogP contribution in [0.3, 0.4) is 0 Å². The Labute approximate surface area is 171 Å². The maximum absolute atomic E-state index is 13.6. The van der Waals surface area contributed by atoms with Gasteiger partial charge in [-0.15, -0.1) is 0 Å². The summed E-state index contributed by atoms with van der Waals surface area (Å²) in [4.78, 5) is 8.18. The van der Waals surface area contributed by atoms with Crippen molar-refractivity contribution in [2.45, 2.75) is 70.1 Å². The number of hydrogen-bond donors (Lipinski definition) is 3. The lowest BCUT2D eigenvalue weighted by Crippen LogP contribution is -2.48. The third-order valence-corrected chi connectivity index (χ3v) is 5.55.